The fraction of sp³-hybridized carbons (Fsp3) is 0.857. The molecule has 0 spiro atoms. The summed E-state index contributed by atoms with van der Waals surface area (Å²) in [5.41, 5.74) is 0. The van der Waals surface area contributed by atoms with Gasteiger partial charge in [0.05, 0.1) is 0 Å². The van der Waals surface area contributed by atoms with Crippen LogP contribution in [-0.4, -0.2) is 47.8 Å². The molecule has 4 nitrogen and oxygen atoms in total. The van der Waals surface area contributed by atoms with E-state index in [0.29, 0.717) is 50.9 Å². The zero-order valence-corrected chi connectivity index (χ0v) is 12.1. The van der Waals surface area contributed by atoms with Crippen molar-refractivity contribution in [1.82, 2.24) is 9.80 Å². The van der Waals surface area contributed by atoms with E-state index in [1.807, 2.05) is 9.80 Å². The van der Waals surface area contributed by atoms with E-state index in [-0.39, 0.29) is 11.8 Å². The Hall–Kier alpha value is -1.06. The maximum atomic E-state index is 11.9. The van der Waals surface area contributed by atoms with Crippen molar-refractivity contribution >= 4 is 11.8 Å². The fourth-order valence-corrected chi connectivity index (χ4v) is 2.16. The molecule has 0 saturated carbocycles. The average Bonchev–Trinajstić information content (AvgIpc) is 2.27. The Kier molecular flexibility index (Phi) is 5.63. The van der Waals surface area contributed by atoms with Crippen molar-refractivity contribution in [1.29, 1.82) is 0 Å². The van der Waals surface area contributed by atoms with Gasteiger partial charge < -0.3 is 9.80 Å². The van der Waals surface area contributed by atoms with Gasteiger partial charge >= 0.3 is 0 Å². The lowest BCUT2D eigenvalue weighted by Crippen LogP contribution is -2.50. The molecule has 1 rings (SSSR count). The first kappa shape index (κ1) is 15.0. The third-order valence-corrected chi connectivity index (χ3v) is 3.15. The minimum absolute atomic E-state index is 0.223. The molecule has 0 aromatic rings. The van der Waals surface area contributed by atoms with Crippen LogP contribution in [0.2, 0.25) is 0 Å². The van der Waals surface area contributed by atoms with E-state index >= 15 is 0 Å². The summed E-state index contributed by atoms with van der Waals surface area (Å²) in [6.45, 7) is 11.0. The molecule has 0 aromatic heterocycles. The molecule has 2 amide bonds. The van der Waals surface area contributed by atoms with Crippen LogP contribution >= 0.6 is 0 Å². The Morgan fingerprint density at radius 1 is 0.778 bits per heavy atom. The third kappa shape index (κ3) is 4.67. The summed E-state index contributed by atoms with van der Waals surface area (Å²) in [7, 11) is 0. The molecule has 4 heteroatoms. The van der Waals surface area contributed by atoms with Crippen LogP contribution in [0, 0.1) is 11.8 Å². The number of piperazine rings is 1. The topological polar surface area (TPSA) is 40.6 Å². The van der Waals surface area contributed by atoms with Crippen LogP contribution in [-0.2, 0) is 9.59 Å². The first-order valence-electron chi connectivity index (χ1n) is 6.95. The predicted octanol–water partition coefficient (Wildman–Crippen LogP) is 1.75. The smallest absolute Gasteiger partial charge is 0.222 e. The van der Waals surface area contributed by atoms with Gasteiger partial charge in [-0.25, -0.2) is 0 Å². The molecule has 1 fully saturated rings. The second-order valence-electron chi connectivity index (χ2n) is 5.96. The summed E-state index contributed by atoms with van der Waals surface area (Å²) in [6.07, 6.45) is 1.22. The van der Waals surface area contributed by atoms with Crippen molar-refractivity contribution in [3.05, 3.63) is 0 Å². The van der Waals surface area contributed by atoms with E-state index in [1.54, 1.807) is 0 Å². The summed E-state index contributed by atoms with van der Waals surface area (Å²) in [4.78, 5) is 27.5. The first-order valence-corrected chi connectivity index (χ1v) is 6.95. The Morgan fingerprint density at radius 3 is 1.28 bits per heavy atom. The Balaban J connectivity index is 2.36. The van der Waals surface area contributed by atoms with Gasteiger partial charge in [0.15, 0.2) is 0 Å². The van der Waals surface area contributed by atoms with E-state index in [4.69, 9.17) is 0 Å². The van der Waals surface area contributed by atoms with Gasteiger partial charge in [-0.05, 0) is 11.8 Å². The molecule has 0 radical (unpaired) electrons. The maximum Gasteiger partial charge on any atom is 0.222 e. The van der Waals surface area contributed by atoms with Gasteiger partial charge in [0.25, 0.3) is 0 Å². The Bertz CT molecular complexity index is 262. The molecule has 1 heterocycles. The van der Waals surface area contributed by atoms with E-state index in [0.717, 1.165) is 0 Å². The molecule has 18 heavy (non-hydrogen) atoms. The van der Waals surface area contributed by atoms with E-state index in [9.17, 15) is 9.59 Å². The standard InChI is InChI=1S/C14H26N2O2/c1-11(2)9-13(17)15-5-7-16(8-6-15)14(18)10-12(3)4/h11-12H,5-10H2,1-4H3. The molecule has 0 aliphatic carbocycles. The molecule has 0 N–H and O–H groups in total. The van der Waals surface area contributed by atoms with Crippen LogP contribution < -0.4 is 0 Å². The highest BCUT2D eigenvalue weighted by Gasteiger charge is 2.24. The highest BCUT2D eigenvalue weighted by molar-refractivity contribution is 5.78. The summed E-state index contributed by atoms with van der Waals surface area (Å²) in [5, 5.41) is 0. The first-order chi connectivity index (χ1) is 8.40. The van der Waals surface area contributed by atoms with Crippen LogP contribution in [0.15, 0.2) is 0 Å². The number of hydrogen-bond donors (Lipinski definition) is 0. The van der Waals surface area contributed by atoms with Gasteiger partial charge in [0.1, 0.15) is 0 Å². The van der Waals surface area contributed by atoms with Gasteiger partial charge in [0, 0.05) is 39.0 Å². The van der Waals surface area contributed by atoms with Crippen LogP contribution in [0.4, 0.5) is 0 Å². The Labute approximate surface area is 110 Å². The molecular weight excluding hydrogens is 228 g/mol. The molecule has 0 aromatic carbocycles. The highest BCUT2D eigenvalue weighted by atomic mass is 16.2. The third-order valence-electron chi connectivity index (χ3n) is 3.15. The van der Waals surface area contributed by atoms with Crippen molar-refractivity contribution < 1.29 is 9.59 Å². The van der Waals surface area contributed by atoms with Crippen molar-refractivity contribution in [2.45, 2.75) is 40.5 Å². The van der Waals surface area contributed by atoms with Gasteiger partial charge in [-0.2, -0.15) is 0 Å². The molecule has 0 atom stereocenters. The second kappa shape index (κ2) is 6.76. The number of hydrogen-bond acceptors (Lipinski definition) is 2. The number of carbonyl (C=O) groups excluding carboxylic acids is 2. The predicted molar refractivity (Wildman–Crippen MR) is 72.1 cm³/mol. The minimum Gasteiger partial charge on any atom is -0.339 e. The fourth-order valence-electron chi connectivity index (χ4n) is 2.16. The summed E-state index contributed by atoms with van der Waals surface area (Å²) < 4.78 is 0. The zero-order chi connectivity index (χ0) is 13.7. The molecule has 0 bridgehead atoms. The zero-order valence-electron chi connectivity index (χ0n) is 12.1. The molecule has 1 aliphatic rings. The van der Waals surface area contributed by atoms with Gasteiger partial charge in [-0.3, -0.25) is 9.59 Å². The number of nitrogens with zero attached hydrogens (tertiary/aromatic N) is 2. The SMILES string of the molecule is CC(C)CC(=O)N1CCN(C(=O)CC(C)C)CC1. The second-order valence-corrected chi connectivity index (χ2v) is 5.96. The molecule has 1 aliphatic heterocycles. The van der Waals surface area contributed by atoms with Crippen molar-refractivity contribution in [3.8, 4) is 0 Å². The number of carbonyl (C=O) groups is 2. The van der Waals surface area contributed by atoms with Crippen molar-refractivity contribution in [2.75, 3.05) is 26.2 Å². The quantitative estimate of drug-likeness (QED) is 0.767. The monoisotopic (exact) mass is 254 g/mol. The lowest BCUT2D eigenvalue weighted by atomic mass is 10.1. The van der Waals surface area contributed by atoms with Gasteiger partial charge in [0.2, 0.25) is 11.8 Å². The number of rotatable bonds is 4. The highest BCUT2D eigenvalue weighted by Crippen LogP contribution is 2.10. The molecular formula is C14H26N2O2. The average molecular weight is 254 g/mol. The van der Waals surface area contributed by atoms with Gasteiger partial charge in [-0.1, -0.05) is 27.7 Å². The number of amides is 2. The maximum absolute atomic E-state index is 11.9. The molecule has 1 saturated heterocycles. The van der Waals surface area contributed by atoms with Crippen LogP contribution in [0.5, 0.6) is 0 Å². The molecule has 104 valence electrons. The lowest BCUT2D eigenvalue weighted by Gasteiger charge is -2.35. The lowest BCUT2D eigenvalue weighted by molar-refractivity contribution is -0.140. The van der Waals surface area contributed by atoms with E-state index < -0.39 is 0 Å². The summed E-state index contributed by atoms with van der Waals surface area (Å²) >= 11 is 0. The summed E-state index contributed by atoms with van der Waals surface area (Å²) in [6, 6.07) is 0. The minimum atomic E-state index is 0.223. The molecule has 0 unspecified atom stereocenters. The van der Waals surface area contributed by atoms with Crippen LogP contribution in [0.3, 0.4) is 0 Å². The van der Waals surface area contributed by atoms with Crippen molar-refractivity contribution in [2.24, 2.45) is 11.8 Å². The van der Waals surface area contributed by atoms with Crippen LogP contribution in [0.1, 0.15) is 40.5 Å². The largest absolute Gasteiger partial charge is 0.339 e. The Morgan fingerprint density at radius 2 is 1.06 bits per heavy atom. The van der Waals surface area contributed by atoms with E-state index in [1.165, 1.54) is 0 Å². The van der Waals surface area contributed by atoms with Gasteiger partial charge in [-0.15, -0.1) is 0 Å². The van der Waals surface area contributed by atoms with Crippen LogP contribution in [0.25, 0.3) is 0 Å². The normalized spacial score (nSPS) is 16.6. The van der Waals surface area contributed by atoms with Crippen molar-refractivity contribution in [3.63, 3.8) is 0 Å². The summed E-state index contributed by atoms with van der Waals surface area (Å²) in [5.74, 6) is 1.25. The van der Waals surface area contributed by atoms with E-state index in [2.05, 4.69) is 27.7 Å².